The van der Waals surface area contributed by atoms with Crippen LogP contribution in [0.15, 0.2) is 54.6 Å². The molecule has 0 aliphatic carbocycles. The molecule has 2 rings (SSSR count). The highest BCUT2D eigenvalue weighted by Crippen LogP contribution is 2.12. The maximum absolute atomic E-state index is 11.9. The van der Waals surface area contributed by atoms with Gasteiger partial charge in [-0.3, -0.25) is 0 Å². The summed E-state index contributed by atoms with van der Waals surface area (Å²) in [7, 11) is 0. The van der Waals surface area contributed by atoms with Gasteiger partial charge in [-0.1, -0.05) is 82.0 Å². The van der Waals surface area contributed by atoms with E-state index in [9.17, 15) is 4.39 Å². The molecule has 0 nitrogen and oxygen atoms in total. The van der Waals surface area contributed by atoms with Gasteiger partial charge in [-0.05, 0) is 48.9 Å². The summed E-state index contributed by atoms with van der Waals surface area (Å²) in [6.07, 6.45) is 10.6. The SMILES string of the molecule is CCCCCc1cccc(CCCCC)c1.Fc1ccccc1. The molecule has 2 aromatic carbocycles. The first-order chi connectivity index (χ1) is 11.3. The van der Waals surface area contributed by atoms with E-state index in [0.717, 1.165) is 0 Å². The van der Waals surface area contributed by atoms with Gasteiger partial charge in [0, 0.05) is 0 Å². The molecule has 0 saturated heterocycles. The van der Waals surface area contributed by atoms with Crippen LogP contribution in [0.4, 0.5) is 4.39 Å². The lowest BCUT2D eigenvalue weighted by atomic mass is 10.0. The zero-order valence-corrected chi connectivity index (χ0v) is 14.7. The van der Waals surface area contributed by atoms with Gasteiger partial charge in [0.2, 0.25) is 0 Å². The van der Waals surface area contributed by atoms with E-state index in [4.69, 9.17) is 0 Å². The topological polar surface area (TPSA) is 0 Å². The lowest BCUT2D eigenvalue weighted by Crippen LogP contribution is -1.90. The molecule has 0 radical (unpaired) electrons. The summed E-state index contributed by atoms with van der Waals surface area (Å²) >= 11 is 0. The number of hydrogen-bond acceptors (Lipinski definition) is 0. The zero-order chi connectivity index (χ0) is 16.8. The highest BCUT2D eigenvalue weighted by atomic mass is 19.1. The Bertz CT molecular complexity index is 479. The molecule has 1 heteroatoms. The molecule has 0 spiro atoms. The van der Waals surface area contributed by atoms with Crippen molar-refractivity contribution >= 4 is 0 Å². The molecule has 23 heavy (non-hydrogen) atoms. The van der Waals surface area contributed by atoms with Gasteiger partial charge in [0.1, 0.15) is 5.82 Å². The van der Waals surface area contributed by atoms with E-state index in [0.29, 0.717) is 0 Å². The standard InChI is InChI=1S/C16H26.C6H5F/c1-3-5-7-10-15-12-9-13-16(14-15)11-8-6-4-2;7-6-4-2-1-3-5-6/h9,12-14H,3-8,10-11H2,1-2H3;1-5H. The normalized spacial score (nSPS) is 10.0. The van der Waals surface area contributed by atoms with Gasteiger partial charge >= 0.3 is 0 Å². The number of rotatable bonds is 8. The van der Waals surface area contributed by atoms with Crippen molar-refractivity contribution in [3.05, 3.63) is 71.5 Å². The van der Waals surface area contributed by atoms with Crippen molar-refractivity contribution in [3.8, 4) is 0 Å². The van der Waals surface area contributed by atoms with Gasteiger partial charge in [-0.15, -0.1) is 0 Å². The van der Waals surface area contributed by atoms with E-state index in [-0.39, 0.29) is 5.82 Å². The van der Waals surface area contributed by atoms with Crippen LogP contribution in [0.25, 0.3) is 0 Å². The van der Waals surface area contributed by atoms with Crippen molar-refractivity contribution in [1.82, 2.24) is 0 Å². The Kier molecular flexibility index (Phi) is 10.9. The zero-order valence-electron chi connectivity index (χ0n) is 14.7. The molecule has 0 saturated carbocycles. The van der Waals surface area contributed by atoms with Crippen LogP contribution in [0.1, 0.15) is 63.5 Å². The van der Waals surface area contributed by atoms with Crippen molar-refractivity contribution < 1.29 is 4.39 Å². The van der Waals surface area contributed by atoms with Crippen LogP contribution in [0.3, 0.4) is 0 Å². The van der Waals surface area contributed by atoms with Gasteiger partial charge in [0.15, 0.2) is 0 Å². The number of benzene rings is 2. The molecular weight excluding hydrogens is 283 g/mol. The van der Waals surface area contributed by atoms with Crippen molar-refractivity contribution in [2.45, 2.75) is 65.2 Å². The van der Waals surface area contributed by atoms with Gasteiger partial charge in [0.25, 0.3) is 0 Å². The number of hydrogen-bond donors (Lipinski definition) is 0. The summed E-state index contributed by atoms with van der Waals surface area (Å²) in [6.45, 7) is 4.53. The van der Waals surface area contributed by atoms with Gasteiger partial charge in [-0.25, -0.2) is 4.39 Å². The Morgan fingerprint density at radius 2 is 1.17 bits per heavy atom. The van der Waals surface area contributed by atoms with Gasteiger partial charge in [-0.2, -0.15) is 0 Å². The third-order valence-corrected chi connectivity index (χ3v) is 3.86. The summed E-state index contributed by atoms with van der Waals surface area (Å²) in [6, 6.07) is 17.1. The van der Waals surface area contributed by atoms with Crippen molar-refractivity contribution in [2.24, 2.45) is 0 Å². The fraction of sp³-hybridized carbons (Fsp3) is 0.455. The predicted molar refractivity (Wildman–Crippen MR) is 99.3 cm³/mol. The van der Waals surface area contributed by atoms with E-state index in [2.05, 4.69) is 38.1 Å². The van der Waals surface area contributed by atoms with Crippen LogP contribution in [0.2, 0.25) is 0 Å². The monoisotopic (exact) mass is 314 g/mol. The second kappa shape index (κ2) is 12.9. The van der Waals surface area contributed by atoms with Crippen molar-refractivity contribution in [1.29, 1.82) is 0 Å². The fourth-order valence-electron chi connectivity index (χ4n) is 2.51. The Morgan fingerprint density at radius 3 is 1.57 bits per heavy atom. The maximum atomic E-state index is 11.9. The molecule has 0 N–H and O–H groups in total. The highest BCUT2D eigenvalue weighted by Gasteiger charge is 1.96. The van der Waals surface area contributed by atoms with Crippen molar-refractivity contribution in [2.75, 3.05) is 0 Å². The third-order valence-electron chi connectivity index (χ3n) is 3.86. The second-order valence-electron chi connectivity index (χ2n) is 6.03. The molecule has 0 fully saturated rings. The average molecular weight is 314 g/mol. The van der Waals surface area contributed by atoms with E-state index in [1.54, 1.807) is 18.2 Å². The van der Waals surface area contributed by atoms with Gasteiger partial charge in [0.05, 0.1) is 0 Å². The molecule has 0 unspecified atom stereocenters. The minimum absolute atomic E-state index is 0.178. The molecule has 0 aliphatic heterocycles. The number of halogens is 1. The Hall–Kier alpha value is -1.63. The third kappa shape index (κ3) is 9.89. The minimum Gasteiger partial charge on any atom is -0.207 e. The van der Waals surface area contributed by atoms with Crippen LogP contribution in [-0.2, 0) is 12.8 Å². The van der Waals surface area contributed by atoms with Crippen LogP contribution >= 0.6 is 0 Å². The Morgan fingerprint density at radius 1 is 0.652 bits per heavy atom. The smallest absolute Gasteiger partial charge is 0.123 e. The summed E-state index contributed by atoms with van der Waals surface area (Å²) < 4.78 is 11.9. The van der Waals surface area contributed by atoms with E-state index in [1.807, 2.05) is 0 Å². The van der Waals surface area contributed by atoms with E-state index >= 15 is 0 Å². The lowest BCUT2D eigenvalue weighted by Gasteiger charge is -2.05. The van der Waals surface area contributed by atoms with Crippen LogP contribution in [0.5, 0.6) is 0 Å². The largest absolute Gasteiger partial charge is 0.207 e. The maximum Gasteiger partial charge on any atom is 0.123 e. The summed E-state index contributed by atoms with van der Waals surface area (Å²) in [5, 5.41) is 0. The highest BCUT2D eigenvalue weighted by molar-refractivity contribution is 5.23. The molecule has 0 amide bonds. The molecular formula is C22H31F. The molecule has 0 heterocycles. The first-order valence-corrected chi connectivity index (χ1v) is 9.04. The molecule has 2 aromatic rings. The lowest BCUT2D eigenvalue weighted by molar-refractivity contribution is 0.628. The molecule has 0 atom stereocenters. The average Bonchev–Trinajstić information content (AvgIpc) is 2.57. The van der Waals surface area contributed by atoms with Gasteiger partial charge < -0.3 is 0 Å². The molecule has 0 aliphatic rings. The van der Waals surface area contributed by atoms with Crippen LogP contribution < -0.4 is 0 Å². The Balaban J connectivity index is 0.000000313. The summed E-state index contributed by atoms with van der Waals surface area (Å²) in [5.41, 5.74) is 3.06. The van der Waals surface area contributed by atoms with E-state index in [1.165, 1.54) is 74.6 Å². The minimum atomic E-state index is -0.178. The Labute approximate surface area is 141 Å². The van der Waals surface area contributed by atoms with Crippen molar-refractivity contribution in [3.63, 3.8) is 0 Å². The second-order valence-corrected chi connectivity index (χ2v) is 6.03. The first kappa shape index (κ1) is 19.4. The number of aryl methyl sites for hydroxylation is 2. The van der Waals surface area contributed by atoms with Crippen LogP contribution in [-0.4, -0.2) is 0 Å². The number of unbranched alkanes of at least 4 members (excludes halogenated alkanes) is 4. The van der Waals surface area contributed by atoms with Crippen LogP contribution in [0, 0.1) is 5.82 Å². The molecule has 0 aromatic heterocycles. The molecule has 126 valence electrons. The molecule has 0 bridgehead atoms. The summed E-state index contributed by atoms with van der Waals surface area (Å²) in [5.74, 6) is -0.178. The quantitative estimate of drug-likeness (QED) is 0.461. The predicted octanol–water partition coefficient (Wildman–Crippen LogP) is 6.98. The first-order valence-electron chi connectivity index (χ1n) is 9.04. The fourth-order valence-corrected chi connectivity index (χ4v) is 2.51. The summed E-state index contributed by atoms with van der Waals surface area (Å²) in [4.78, 5) is 0. The van der Waals surface area contributed by atoms with E-state index < -0.39 is 0 Å².